The van der Waals surface area contributed by atoms with Crippen molar-refractivity contribution >= 4 is 17.6 Å². The summed E-state index contributed by atoms with van der Waals surface area (Å²) >= 11 is 0. The lowest BCUT2D eigenvalue weighted by Gasteiger charge is -2.16. The van der Waals surface area contributed by atoms with Crippen LogP contribution in [-0.2, 0) is 29.1 Å². The van der Waals surface area contributed by atoms with Gasteiger partial charge in [-0.2, -0.15) is 0 Å². The van der Waals surface area contributed by atoms with Gasteiger partial charge in [-0.05, 0) is 30.7 Å². The zero-order valence-electron chi connectivity index (χ0n) is 18.9. The van der Waals surface area contributed by atoms with Gasteiger partial charge >= 0.3 is 0 Å². The Labute approximate surface area is 201 Å². The van der Waals surface area contributed by atoms with E-state index in [0.29, 0.717) is 11.4 Å². The van der Waals surface area contributed by atoms with E-state index in [1.807, 2.05) is 6.07 Å². The van der Waals surface area contributed by atoms with Crippen molar-refractivity contribution in [3.63, 3.8) is 0 Å². The maximum absolute atomic E-state index is 14.4. The Bertz CT molecular complexity index is 1120. The Kier molecular flexibility index (Phi) is 9.19. The Morgan fingerprint density at radius 1 is 1.14 bits per heavy atom. The summed E-state index contributed by atoms with van der Waals surface area (Å²) in [7, 11) is 0. The van der Waals surface area contributed by atoms with Crippen LogP contribution in [0.3, 0.4) is 0 Å². The van der Waals surface area contributed by atoms with E-state index in [1.54, 1.807) is 42.7 Å². The van der Waals surface area contributed by atoms with Gasteiger partial charge in [0.25, 0.3) is 5.91 Å². The van der Waals surface area contributed by atoms with Gasteiger partial charge in [-0.15, -0.1) is 5.10 Å². The molecular weight excluding hydrogens is 455 g/mol. The van der Waals surface area contributed by atoms with Gasteiger partial charge in [0.15, 0.2) is 5.82 Å². The van der Waals surface area contributed by atoms with Crippen LogP contribution in [0.5, 0.6) is 0 Å². The highest BCUT2D eigenvalue weighted by Gasteiger charge is 2.13. The van der Waals surface area contributed by atoms with Crippen LogP contribution in [0.2, 0.25) is 0 Å². The summed E-state index contributed by atoms with van der Waals surface area (Å²) in [5.74, 6) is 5.21. The normalized spacial score (nSPS) is 12.1. The molecular formula is C22H27FN10O2. The summed E-state index contributed by atoms with van der Waals surface area (Å²) in [6.07, 6.45) is 4.74. The maximum atomic E-state index is 14.4. The van der Waals surface area contributed by atoms with Crippen molar-refractivity contribution in [3.8, 4) is 0 Å². The van der Waals surface area contributed by atoms with Gasteiger partial charge < -0.3 is 21.4 Å². The number of nitrogens with one attached hydrogen (secondary N) is 2. The highest BCUT2D eigenvalue weighted by Crippen LogP contribution is 2.07. The minimum atomic E-state index is -1.30. The third kappa shape index (κ3) is 8.81. The molecule has 12 nitrogen and oxygen atoms in total. The lowest BCUT2D eigenvalue weighted by Crippen LogP contribution is -2.34. The highest BCUT2D eigenvalue weighted by atomic mass is 19.1. The number of carbonyl (C=O) groups excluding carboxylic acids is 2. The second-order valence-electron chi connectivity index (χ2n) is 7.58. The van der Waals surface area contributed by atoms with Gasteiger partial charge in [-0.3, -0.25) is 19.6 Å². The number of pyridine rings is 2. The van der Waals surface area contributed by atoms with E-state index in [9.17, 15) is 14.0 Å². The van der Waals surface area contributed by atoms with E-state index in [2.05, 4.69) is 30.9 Å². The van der Waals surface area contributed by atoms with Gasteiger partial charge in [0, 0.05) is 30.8 Å². The third-order valence-electron chi connectivity index (χ3n) is 4.68. The summed E-state index contributed by atoms with van der Waals surface area (Å²) < 4.78 is 15.7. The molecule has 6 N–H and O–H groups in total. The fourth-order valence-electron chi connectivity index (χ4n) is 2.96. The third-order valence-corrected chi connectivity index (χ3v) is 4.68. The molecule has 3 aromatic rings. The number of hydrogen-bond acceptors (Lipinski definition) is 9. The van der Waals surface area contributed by atoms with Crippen molar-refractivity contribution in [2.24, 2.45) is 11.6 Å². The van der Waals surface area contributed by atoms with Crippen LogP contribution in [0, 0.1) is 0 Å². The smallest absolute Gasteiger partial charge is 0.269 e. The van der Waals surface area contributed by atoms with Crippen LogP contribution < -0.4 is 22.2 Å². The van der Waals surface area contributed by atoms with E-state index in [1.165, 1.54) is 17.1 Å². The Morgan fingerprint density at radius 3 is 2.54 bits per heavy atom. The summed E-state index contributed by atoms with van der Waals surface area (Å²) in [6.45, 7) is 0.243. The molecule has 3 heterocycles. The van der Waals surface area contributed by atoms with Gasteiger partial charge in [0.05, 0.1) is 31.4 Å². The largest absolute Gasteiger partial charge is 0.393 e. The summed E-state index contributed by atoms with van der Waals surface area (Å²) in [5.41, 5.74) is 6.95. The molecule has 0 bridgehead atoms. The fourth-order valence-corrected chi connectivity index (χ4v) is 2.96. The maximum Gasteiger partial charge on any atom is 0.269 e. The van der Waals surface area contributed by atoms with Crippen molar-refractivity contribution in [3.05, 3.63) is 78.3 Å². The predicted octanol–water partition coefficient (Wildman–Crippen LogP) is 0.270. The van der Waals surface area contributed by atoms with E-state index in [4.69, 9.17) is 11.6 Å². The molecule has 2 amide bonds. The monoisotopic (exact) mass is 482 g/mol. The molecule has 0 aliphatic rings. The van der Waals surface area contributed by atoms with Gasteiger partial charge in [-0.25, -0.2) is 14.9 Å². The lowest BCUT2D eigenvalue weighted by molar-refractivity contribution is -0.118. The van der Waals surface area contributed by atoms with Crippen LogP contribution in [-0.4, -0.2) is 54.5 Å². The first-order valence-corrected chi connectivity index (χ1v) is 10.8. The van der Waals surface area contributed by atoms with Gasteiger partial charge in [0.2, 0.25) is 5.91 Å². The number of hydrogen-bond donors (Lipinski definition) is 4. The summed E-state index contributed by atoms with van der Waals surface area (Å²) in [6, 6.07) is 10.6. The molecule has 0 saturated heterocycles. The number of hydrazine groups is 1. The van der Waals surface area contributed by atoms with E-state index in [-0.39, 0.29) is 49.9 Å². The molecule has 0 spiro atoms. The minimum absolute atomic E-state index is 0.0526. The van der Waals surface area contributed by atoms with E-state index < -0.39 is 12.1 Å². The Hall–Kier alpha value is -4.39. The first-order valence-electron chi connectivity index (χ1n) is 10.8. The number of aromatic nitrogens is 5. The molecule has 1 unspecified atom stereocenters. The molecule has 3 aromatic heterocycles. The quantitative estimate of drug-likeness (QED) is 0.161. The number of rotatable bonds is 12. The second-order valence-corrected chi connectivity index (χ2v) is 7.58. The number of nitrogens with two attached hydrogens (primary N) is 2. The standard InChI is InChI=1S/C22H27FN10O2/c23-16(7-10-32(25)14-19(24)22(35)28-12-18-6-2-4-9-27-18)13-33-15-20(30-31-33)29-21(34)11-17-5-1-3-8-26-17/h1-6,8-9,14-16H,7,10-13,24-25H2,(H,28,35)(H,29,34)/b19-14-. The second kappa shape index (κ2) is 12.7. The van der Waals surface area contributed by atoms with Crippen molar-refractivity contribution in [1.82, 2.24) is 35.3 Å². The average molecular weight is 483 g/mol. The molecule has 0 radical (unpaired) electrons. The zero-order chi connectivity index (χ0) is 25.0. The molecule has 1 atom stereocenters. The van der Waals surface area contributed by atoms with Crippen molar-refractivity contribution in [2.45, 2.75) is 32.1 Å². The molecule has 35 heavy (non-hydrogen) atoms. The van der Waals surface area contributed by atoms with E-state index >= 15 is 0 Å². The number of carbonyl (C=O) groups is 2. The summed E-state index contributed by atoms with van der Waals surface area (Å²) in [5, 5.41) is 14.0. The van der Waals surface area contributed by atoms with Crippen LogP contribution in [0.1, 0.15) is 17.8 Å². The highest BCUT2D eigenvalue weighted by molar-refractivity contribution is 5.92. The van der Waals surface area contributed by atoms with Crippen molar-refractivity contribution < 1.29 is 14.0 Å². The molecule has 13 heteroatoms. The number of alkyl halides is 1. The molecule has 3 rings (SSSR count). The zero-order valence-corrected chi connectivity index (χ0v) is 18.9. The molecule has 0 aromatic carbocycles. The van der Waals surface area contributed by atoms with Crippen molar-refractivity contribution in [2.75, 3.05) is 11.9 Å². The molecule has 0 fully saturated rings. The molecule has 0 aliphatic carbocycles. The van der Waals surface area contributed by atoms with Gasteiger partial charge in [-0.1, -0.05) is 17.3 Å². The number of anilines is 1. The molecule has 0 saturated carbocycles. The van der Waals surface area contributed by atoms with Crippen LogP contribution in [0.4, 0.5) is 10.2 Å². The van der Waals surface area contributed by atoms with Crippen LogP contribution in [0.25, 0.3) is 0 Å². The first-order chi connectivity index (χ1) is 16.9. The average Bonchev–Trinajstić information content (AvgIpc) is 3.28. The first kappa shape index (κ1) is 25.2. The molecule has 184 valence electrons. The predicted molar refractivity (Wildman–Crippen MR) is 125 cm³/mol. The van der Waals surface area contributed by atoms with Crippen LogP contribution in [0.15, 0.2) is 66.9 Å². The SMILES string of the molecule is N/C(=C\N(N)CCC(F)Cn1cc(NC(=O)Cc2ccccn2)nn1)C(=O)NCc1ccccn1. The minimum Gasteiger partial charge on any atom is -0.393 e. The lowest BCUT2D eigenvalue weighted by atomic mass is 10.2. The number of nitrogens with zero attached hydrogens (tertiary/aromatic N) is 6. The summed E-state index contributed by atoms with van der Waals surface area (Å²) in [4.78, 5) is 32.3. The topological polar surface area (TPSA) is 170 Å². The Morgan fingerprint density at radius 2 is 1.86 bits per heavy atom. The fraction of sp³-hybridized carbons (Fsp3) is 0.273. The van der Waals surface area contributed by atoms with E-state index in [0.717, 1.165) is 5.01 Å². The van der Waals surface area contributed by atoms with Crippen molar-refractivity contribution in [1.29, 1.82) is 0 Å². The Balaban J connectivity index is 1.38. The number of halogens is 1. The number of amides is 2. The van der Waals surface area contributed by atoms with Gasteiger partial charge in [0.1, 0.15) is 11.9 Å². The molecule has 0 aliphatic heterocycles. The van der Waals surface area contributed by atoms with Crippen LogP contribution >= 0.6 is 0 Å².